The highest BCUT2D eigenvalue weighted by Crippen LogP contribution is 2.16. The van der Waals surface area contributed by atoms with E-state index in [0.29, 0.717) is 12.2 Å². The maximum Gasteiger partial charge on any atom is 0.130 e. The number of nitrogens with two attached hydrogens (primary N) is 1. The fourth-order valence-electron chi connectivity index (χ4n) is 2.01. The molecule has 2 nitrogen and oxygen atoms in total. The second kappa shape index (κ2) is 5.80. The molecule has 0 spiro atoms. The van der Waals surface area contributed by atoms with E-state index < -0.39 is 11.6 Å². The Balaban J connectivity index is 2.07. The van der Waals surface area contributed by atoms with E-state index in [2.05, 4.69) is 0 Å². The maximum absolute atomic E-state index is 13.5. The summed E-state index contributed by atoms with van der Waals surface area (Å²) < 4.78 is 27.1. The van der Waals surface area contributed by atoms with E-state index in [0.717, 1.165) is 5.56 Å². The molecule has 0 saturated heterocycles. The lowest BCUT2D eigenvalue weighted by Gasteiger charge is -2.17. The zero-order valence-corrected chi connectivity index (χ0v) is 10.7. The van der Waals surface area contributed by atoms with Gasteiger partial charge in [-0.25, -0.2) is 8.78 Å². The molecule has 19 heavy (non-hydrogen) atoms. The van der Waals surface area contributed by atoms with Gasteiger partial charge in [0.1, 0.15) is 11.6 Å². The molecule has 2 N–H and O–H groups in total. The van der Waals surface area contributed by atoms with Crippen molar-refractivity contribution in [3.8, 4) is 0 Å². The van der Waals surface area contributed by atoms with Crippen LogP contribution in [0.3, 0.4) is 0 Å². The lowest BCUT2D eigenvalue weighted by Crippen LogP contribution is -2.19. The average molecular weight is 262 g/mol. The largest absolute Gasteiger partial charge is 0.399 e. The van der Waals surface area contributed by atoms with Crippen LogP contribution in [0.25, 0.3) is 0 Å². The molecule has 100 valence electrons. The van der Waals surface area contributed by atoms with Crippen molar-refractivity contribution in [1.29, 1.82) is 0 Å². The van der Waals surface area contributed by atoms with Crippen LogP contribution in [0, 0.1) is 11.6 Å². The predicted octanol–water partition coefficient (Wildman–Crippen LogP) is 3.18. The molecule has 0 unspecified atom stereocenters. The number of hydrogen-bond donors (Lipinski definition) is 1. The average Bonchev–Trinajstić information content (AvgIpc) is 2.34. The fraction of sp³-hybridized carbons (Fsp3) is 0.200. The second-order valence-electron chi connectivity index (χ2n) is 4.62. The van der Waals surface area contributed by atoms with Crippen molar-refractivity contribution in [3.63, 3.8) is 0 Å². The lowest BCUT2D eigenvalue weighted by molar-refractivity contribution is 0.307. The molecule has 2 aromatic rings. The third-order valence-corrected chi connectivity index (χ3v) is 2.89. The summed E-state index contributed by atoms with van der Waals surface area (Å²) in [5.41, 5.74) is 7.48. The molecule has 2 aromatic carbocycles. The molecule has 0 atom stereocenters. The van der Waals surface area contributed by atoms with Crippen LogP contribution >= 0.6 is 0 Å². The van der Waals surface area contributed by atoms with Crippen LogP contribution in [-0.2, 0) is 13.1 Å². The minimum atomic E-state index is -0.514. The van der Waals surface area contributed by atoms with E-state index >= 15 is 0 Å². The molecule has 0 aliphatic heterocycles. The Morgan fingerprint density at radius 3 is 2.26 bits per heavy atom. The van der Waals surface area contributed by atoms with Crippen LogP contribution in [0.2, 0.25) is 0 Å². The highest BCUT2D eigenvalue weighted by atomic mass is 19.1. The van der Waals surface area contributed by atoms with Gasteiger partial charge in [0.05, 0.1) is 0 Å². The quantitative estimate of drug-likeness (QED) is 0.857. The summed E-state index contributed by atoms with van der Waals surface area (Å²) >= 11 is 0. The first-order valence-corrected chi connectivity index (χ1v) is 6.02. The highest BCUT2D eigenvalue weighted by molar-refractivity contribution is 5.40. The van der Waals surface area contributed by atoms with Crippen LogP contribution in [0.5, 0.6) is 0 Å². The van der Waals surface area contributed by atoms with Crippen molar-refractivity contribution in [2.45, 2.75) is 13.1 Å². The Hall–Kier alpha value is -1.94. The molecule has 0 aromatic heterocycles. The summed E-state index contributed by atoms with van der Waals surface area (Å²) in [6.07, 6.45) is 0. The highest BCUT2D eigenvalue weighted by Gasteiger charge is 2.11. The summed E-state index contributed by atoms with van der Waals surface area (Å²) in [5.74, 6) is -1.03. The van der Waals surface area contributed by atoms with Gasteiger partial charge in [-0.1, -0.05) is 18.2 Å². The molecule has 0 aliphatic carbocycles. The van der Waals surface area contributed by atoms with Crippen LogP contribution in [-0.4, -0.2) is 11.9 Å². The smallest absolute Gasteiger partial charge is 0.130 e. The first kappa shape index (κ1) is 13.5. The van der Waals surface area contributed by atoms with Gasteiger partial charge in [0.15, 0.2) is 0 Å². The van der Waals surface area contributed by atoms with E-state index in [1.54, 1.807) is 6.07 Å². The SMILES string of the molecule is CN(Cc1cccc(N)c1)Cc1c(F)cccc1F. The monoisotopic (exact) mass is 262 g/mol. The van der Waals surface area contributed by atoms with E-state index in [1.165, 1.54) is 18.2 Å². The van der Waals surface area contributed by atoms with Crippen molar-refractivity contribution in [3.05, 3.63) is 65.2 Å². The minimum Gasteiger partial charge on any atom is -0.399 e. The van der Waals surface area contributed by atoms with Gasteiger partial charge in [0, 0.05) is 24.3 Å². The summed E-state index contributed by atoms with van der Waals surface area (Å²) in [4.78, 5) is 1.84. The Morgan fingerprint density at radius 2 is 1.63 bits per heavy atom. The number of rotatable bonds is 4. The van der Waals surface area contributed by atoms with Gasteiger partial charge in [0.25, 0.3) is 0 Å². The second-order valence-corrected chi connectivity index (χ2v) is 4.62. The molecule has 0 saturated carbocycles. The van der Waals surface area contributed by atoms with Crippen LogP contribution in [0.1, 0.15) is 11.1 Å². The number of benzene rings is 2. The summed E-state index contributed by atoms with van der Waals surface area (Å²) in [5, 5.41) is 0. The van der Waals surface area contributed by atoms with Crippen molar-refractivity contribution in [2.24, 2.45) is 0 Å². The zero-order valence-electron chi connectivity index (χ0n) is 10.7. The molecular formula is C15H16F2N2. The van der Waals surface area contributed by atoms with Crippen molar-refractivity contribution in [2.75, 3.05) is 12.8 Å². The van der Waals surface area contributed by atoms with Crippen LogP contribution in [0.4, 0.5) is 14.5 Å². The molecule has 0 heterocycles. The third-order valence-electron chi connectivity index (χ3n) is 2.89. The van der Waals surface area contributed by atoms with Gasteiger partial charge in [0.2, 0.25) is 0 Å². The molecule has 0 aliphatic rings. The third kappa shape index (κ3) is 3.51. The molecule has 2 rings (SSSR count). The molecule has 4 heteroatoms. The predicted molar refractivity (Wildman–Crippen MR) is 72.4 cm³/mol. The lowest BCUT2D eigenvalue weighted by atomic mass is 10.1. The maximum atomic E-state index is 13.5. The Kier molecular flexibility index (Phi) is 4.12. The summed E-state index contributed by atoms with van der Waals surface area (Å²) in [6, 6.07) is 11.4. The van der Waals surface area contributed by atoms with Gasteiger partial charge >= 0.3 is 0 Å². The Labute approximate surface area is 111 Å². The standard InChI is InChI=1S/C15H16F2N2/c1-19(9-11-4-2-5-12(18)8-11)10-13-14(16)6-3-7-15(13)17/h2-8H,9-10,18H2,1H3. The number of hydrogen-bond acceptors (Lipinski definition) is 2. The van der Waals surface area contributed by atoms with E-state index in [9.17, 15) is 8.78 Å². The van der Waals surface area contributed by atoms with Gasteiger partial charge in [-0.2, -0.15) is 0 Å². The molecule has 0 radical (unpaired) electrons. The topological polar surface area (TPSA) is 29.3 Å². The summed E-state index contributed by atoms with van der Waals surface area (Å²) in [6.45, 7) is 0.798. The van der Waals surface area contributed by atoms with Crippen molar-refractivity contribution < 1.29 is 8.78 Å². The first-order valence-electron chi connectivity index (χ1n) is 6.02. The Bertz CT molecular complexity index is 550. The number of nitrogen functional groups attached to an aromatic ring is 1. The van der Waals surface area contributed by atoms with Gasteiger partial charge < -0.3 is 5.73 Å². The van der Waals surface area contributed by atoms with Crippen molar-refractivity contribution >= 4 is 5.69 Å². The number of nitrogens with zero attached hydrogens (tertiary/aromatic N) is 1. The first-order chi connectivity index (χ1) is 9.06. The van der Waals surface area contributed by atoms with Crippen LogP contribution < -0.4 is 5.73 Å². The van der Waals surface area contributed by atoms with E-state index in [1.807, 2.05) is 30.1 Å². The molecule has 0 bridgehead atoms. The van der Waals surface area contributed by atoms with Gasteiger partial charge in [-0.05, 0) is 36.9 Å². The number of anilines is 1. The van der Waals surface area contributed by atoms with Crippen LogP contribution in [0.15, 0.2) is 42.5 Å². The molecule has 0 fully saturated rings. The molecular weight excluding hydrogens is 246 g/mol. The van der Waals surface area contributed by atoms with Crippen molar-refractivity contribution in [1.82, 2.24) is 4.90 Å². The van der Waals surface area contributed by atoms with Gasteiger partial charge in [-0.3, -0.25) is 4.90 Å². The van der Waals surface area contributed by atoms with E-state index in [4.69, 9.17) is 5.73 Å². The van der Waals surface area contributed by atoms with Gasteiger partial charge in [-0.15, -0.1) is 0 Å². The zero-order chi connectivity index (χ0) is 13.8. The molecule has 0 amide bonds. The normalized spacial score (nSPS) is 10.9. The van der Waals surface area contributed by atoms with E-state index in [-0.39, 0.29) is 12.1 Å². The fourth-order valence-corrected chi connectivity index (χ4v) is 2.01. The minimum absolute atomic E-state index is 0.0916. The number of halogens is 2. The summed E-state index contributed by atoms with van der Waals surface area (Å²) in [7, 11) is 1.81. The Morgan fingerprint density at radius 1 is 1.00 bits per heavy atom.